The number of ether oxygens (including phenoxy) is 3. The second-order valence-electron chi connectivity index (χ2n) is 8.95. The van der Waals surface area contributed by atoms with Crippen LogP contribution >= 0.6 is 0 Å². The Kier molecular flexibility index (Phi) is 8.47. The van der Waals surface area contributed by atoms with E-state index in [9.17, 15) is 0 Å². The molecule has 1 aliphatic heterocycles. The maximum atomic E-state index is 5.92. The van der Waals surface area contributed by atoms with E-state index < -0.39 is 0 Å². The molecule has 194 valence electrons. The maximum Gasteiger partial charge on any atom is 0.298 e. The fourth-order valence-corrected chi connectivity index (χ4v) is 4.28. The summed E-state index contributed by atoms with van der Waals surface area (Å²) < 4.78 is 24.5. The normalized spacial score (nSPS) is 14.1. The number of morpholine rings is 1. The van der Waals surface area contributed by atoms with Gasteiger partial charge in [0, 0.05) is 45.1 Å². The fraction of sp³-hybridized carbons (Fsp3) is 0.357. The monoisotopic (exact) mass is 503 g/mol. The van der Waals surface area contributed by atoms with Gasteiger partial charge in [-0.15, -0.1) is 0 Å². The van der Waals surface area contributed by atoms with E-state index in [0.29, 0.717) is 32.3 Å². The lowest BCUT2D eigenvalue weighted by molar-refractivity contribution is 0.0177. The number of hydrogen-bond acceptors (Lipinski definition) is 8. The average molecular weight is 504 g/mol. The largest absolute Gasteiger partial charge is 0.497 e. The van der Waals surface area contributed by atoms with Gasteiger partial charge in [-0.2, -0.15) is 10.1 Å². The van der Waals surface area contributed by atoms with Crippen LogP contribution in [-0.4, -0.2) is 66.2 Å². The lowest BCUT2D eigenvalue weighted by Gasteiger charge is -2.26. The van der Waals surface area contributed by atoms with Crippen LogP contribution in [0, 0.1) is 0 Å². The topological polar surface area (TPSA) is 78.0 Å². The van der Waals surface area contributed by atoms with Crippen LogP contribution in [-0.2, 0) is 29.2 Å². The van der Waals surface area contributed by atoms with E-state index in [1.54, 1.807) is 19.6 Å². The number of benzene rings is 2. The summed E-state index contributed by atoms with van der Waals surface area (Å²) >= 11 is 0. The zero-order chi connectivity index (χ0) is 25.3. The van der Waals surface area contributed by atoms with Crippen molar-refractivity contribution in [1.29, 1.82) is 0 Å². The molecule has 0 amide bonds. The van der Waals surface area contributed by atoms with Gasteiger partial charge in [0.2, 0.25) is 0 Å². The Morgan fingerprint density at radius 3 is 2.62 bits per heavy atom. The van der Waals surface area contributed by atoms with Gasteiger partial charge in [-0.3, -0.25) is 4.90 Å². The highest BCUT2D eigenvalue weighted by atomic mass is 16.5. The summed E-state index contributed by atoms with van der Waals surface area (Å²) in [7, 11) is 1.68. The Morgan fingerprint density at radius 2 is 1.84 bits per heavy atom. The number of rotatable bonds is 12. The van der Waals surface area contributed by atoms with Crippen LogP contribution < -0.4 is 9.64 Å². The van der Waals surface area contributed by atoms with E-state index in [1.165, 1.54) is 0 Å². The number of aromatic nitrogens is 3. The molecule has 0 unspecified atom stereocenters. The average Bonchev–Trinajstić information content (AvgIpc) is 3.65. The molecule has 0 saturated carbocycles. The maximum absolute atomic E-state index is 5.92. The van der Waals surface area contributed by atoms with Crippen LogP contribution in [0.25, 0.3) is 5.69 Å². The molecular weight excluding hydrogens is 470 g/mol. The Labute approximate surface area is 217 Å². The number of hydrogen-bond donors (Lipinski definition) is 0. The third-order valence-electron chi connectivity index (χ3n) is 6.30. The molecule has 37 heavy (non-hydrogen) atoms. The van der Waals surface area contributed by atoms with Crippen LogP contribution in [0.5, 0.6) is 5.75 Å². The number of anilines is 1. The van der Waals surface area contributed by atoms with Gasteiger partial charge < -0.3 is 23.5 Å². The van der Waals surface area contributed by atoms with Gasteiger partial charge in [-0.05, 0) is 41.5 Å². The molecule has 0 bridgehead atoms. The van der Waals surface area contributed by atoms with Crippen molar-refractivity contribution >= 4 is 6.01 Å². The van der Waals surface area contributed by atoms with E-state index in [4.69, 9.17) is 23.6 Å². The van der Waals surface area contributed by atoms with Gasteiger partial charge in [-0.1, -0.05) is 24.3 Å². The first-order valence-corrected chi connectivity index (χ1v) is 12.6. The Bertz CT molecular complexity index is 1220. The number of oxazole rings is 1. The molecule has 1 aliphatic rings. The SMILES string of the molecule is COc1cccc(CN(Cc2ccc(-n3cccn3)cc2)c2nc(COCCN3CCOCC3)co2)c1. The highest BCUT2D eigenvalue weighted by Gasteiger charge is 2.16. The van der Waals surface area contributed by atoms with Gasteiger partial charge in [0.1, 0.15) is 17.7 Å². The minimum atomic E-state index is 0.416. The first-order chi connectivity index (χ1) is 18.3. The molecule has 9 nitrogen and oxygen atoms in total. The minimum absolute atomic E-state index is 0.416. The molecule has 0 aliphatic carbocycles. The Hall–Kier alpha value is -3.66. The fourth-order valence-electron chi connectivity index (χ4n) is 4.28. The molecule has 1 fully saturated rings. The zero-order valence-corrected chi connectivity index (χ0v) is 21.2. The summed E-state index contributed by atoms with van der Waals surface area (Å²) in [5, 5.41) is 4.31. The molecule has 2 aromatic carbocycles. The highest BCUT2D eigenvalue weighted by Crippen LogP contribution is 2.23. The van der Waals surface area contributed by atoms with Gasteiger partial charge in [0.15, 0.2) is 0 Å². The molecule has 5 rings (SSSR count). The van der Waals surface area contributed by atoms with E-state index in [1.807, 2.05) is 35.1 Å². The van der Waals surface area contributed by atoms with Crippen LogP contribution in [0.2, 0.25) is 0 Å². The molecule has 1 saturated heterocycles. The van der Waals surface area contributed by atoms with Crippen LogP contribution in [0.4, 0.5) is 6.01 Å². The van der Waals surface area contributed by atoms with Crippen molar-refractivity contribution in [2.75, 3.05) is 51.5 Å². The summed E-state index contributed by atoms with van der Waals surface area (Å²) in [6.07, 6.45) is 5.39. The summed E-state index contributed by atoms with van der Waals surface area (Å²) in [6.45, 7) is 6.72. The predicted octanol–water partition coefficient (Wildman–Crippen LogP) is 3.92. The second-order valence-corrected chi connectivity index (χ2v) is 8.95. The minimum Gasteiger partial charge on any atom is -0.497 e. The van der Waals surface area contributed by atoms with Crippen LogP contribution in [0.15, 0.2) is 77.7 Å². The first kappa shape index (κ1) is 25.0. The first-order valence-electron chi connectivity index (χ1n) is 12.6. The molecule has 0 spiro atoms. The quantitative estimate of drug-likeness (QED) is 0.269. The highest BCUT2D eigenvalue weighted by molar-refractivity contribution is 5.38. The third-order valence-corrected chi connectivity index (χ3v) is 6.30. The molecular formula is C28H33N5O4. The van der Waals surface area contributed by atoms with Crippen LogP contribution in [0.1, 0.15) is 16.8 Å². The summed E-state index contributed by atoms with van der Waals surface area (Å²) in [6, 6.07) is 18.9. The summed E-state index contributed by atoms with van der Waals surface area (Å²) in [4.78, 5) is 9.22. The van der Waals surface area contributed by atoms with Crippen molar-refractivity contribution in [1.82, 2.24) is 19.7 Å². The lowest BCUT2D eigenvalue weighted by Crippen LogP contribution is -2.38. The summed E-state index contributed by atoms with van der Waals surface area (Å²) in [5.41, 5.74) is 4.04. The molecule has 0 N–H and O–H groups in total. The molecule has 0 atom stereocenters. The Balaban J connectivity index is 1.25. The molecule has 2 aromatic heterocycles. The summed E-state index contributed by atoms with van der Waals surface area (Å²) in [5.74, 6) is 0.822. The van der Waals surface area contributed by atoms with Crippen molar-refractivity contribution in [3.63, 3.8) is 0 Å². The van der Waals surface area contributed by atoms with Crippen LogP contribution in [0.3, 0.4) is 0 Å². The lowest BCUT2D eigenvalue weighted by atomic mass is 10.1. The van der Waals surface area contributed by atoms with E-state index in [0.717, 1.165) is 61.1 Å². The van der Waals surface area contributed by atoms with E-state index in [-0.39, 0.29) is 0 Å². The molecule has 3 heterocycles. The molecule has 9 heteroatoms. The van der Waals surface area contributed by atoms with Crippen molar-refractivity contribution < 1.29 is 18.6 Å². The molecule has 4 aromatic rings. The van der Waals surface area contributed by atoms with E-state index in [2.05, 4.69) is 45.2 Å². The standard InChI is InChI=1S/C28H33N5O4/c1-34-27-5-2-4-24(18-27)20-32(19-23-6-8-26(9-7-23)33-11-3-10-29-33)28-30-25(22-37-28)21-36-17-14-31-12-15-35-16-13-31/h2-11,18,22H,12-17,19-21H2,1H3. The second kappa shape index (κ2) is 12.5. The van der Waals surface area contributed by atoms with Crippen molar-refractivity contribution in [3.05, 3.63) is 90.1 Å². The predicted molar refractivity (Wildman–Crippen MR) is 140 cm³/mol. The van der Waals surface area contributed by atoms with Gasteiger partial charge in [0.25, 0.3) is 6.01 Å². The van der Waals surface area contributed by atoms with Crippen molar-refractivity contribution in [2.24, 2.45) is 0 Å². The van der Waals surface area contributed by atoms with Gasteiger partial charge in [0.05, 0.1) is 39.2 Å². The Morgan fingerprint density at radius 1 is 1.00 bits per heavy atom. The zero-order valence-electron chi connectivity index (χ0n) is 21.2. The van der Waals surface area contributed by atoms with Gasteiger partial charge >= 0.3 is 0 Å². The number of methoxy groups -OCH3 is 1. The smallest absolute Gasteiger partial charge is 0.298 e. The number of nitrogens with zero attached hydrogens (tertiary/aromatic N) is 5. The van der Waals surface area contributed by atoms with E-state index >= 15 is 0 Å². The van der Waals surface area contributed by atoms with Crippen molar-refractivity contribution in [3.8, 4) is 11.4 Å². The van der Waals surface area contributed by atoms with Gasteiger partial charge in [-0.25, -0.2) is 4.68 Å². The van der Waals surface area contributed by atoms with Crippen molar-refractivity contribution in [2.45, 2.75) is 19.7 Å². The third kappa shape index (κ3) is 6.97. The molecule has 0 radical (unpaired) electrons.